The maximum atomic E-state index is 4.24. The Morgan fingerprint density at radius 2 is 2.00 bits per heavy atom. The molecule has 2 nitrogen and oxygen atoms in total. The van der Waals surface area contributed by atoms with E-state index in [1.807, 2.05) is 18.5 Å². The molecule has 2 bridgehead atoms. The Labute approximate surface area is 117 Å². The van der Waals surface area contributed by atoms with Crippen LogP contribution in [0.1, 0.15) is 45.6 Å². The second-order valence-corrected chi connectivity index (χ2v) is 7.29. The Morgan fingerprint density at radius 1 is 1.26 bits per heavy atom. The first-order valence-corrected chi connectivity index (χ1v) is 7.56. The molecule has 3 atom stereocenters. The van der Waals surface area contributed by atoms with E-state index in [0.29, 0.717) is 11.0 Å². The monoisotopic (exact) mass is 258 g/mol. The topological polar surface area (TPSA) is 16.1 Å². The summed E-state index contributed by atoms with van der Waals surface area (Å²) in [6, 6.07) is 4.23. The van der Waals surface area contributed by atoms with Crippen molar-refractivity contribution in [1.29, 1.82) is 0 Å². The quantitative estimate of drug-likeness (QED) is 0.821. The van der Waals surface area contributed by atoms with Crippen molar-refractivity contribution in [3.05, 3.63) is 30.1 Å². The highest BCUT2D eigenvalue weighted by atomic mass is 15.2. The fourth-order valence-electron chi connectivity index (χ4n) is 4.82. The average molecular weight is 258 g/mol. The first-order chi connectivity index (χ1) is 8.96. The van der Waals surface area contributed by atoms with Gasteiger partial charge in [0.25, 0.3) is 0 Å². The van der Waals surface area contributed by atoms with Crippen LogP contribution in [0.3, 0.4) is 0 Å². The molecule has 2 heteroatoms. The fourth-order valence-corrected chi connectivity index (χ4v) is 4.82. The number of pyridine rings is 1. The van der Waals surface area contributed by atoms with E-state index in [-0.39, 0.29) is 0 Å². The van der Waals surface area contributed by atoms with Crippen LogP contribution in [0.5, 0.6) is 0 Å². The molecule has 0 radical (unpaired) electrons. The molecule has 0 amide bonds. The number of fused-ring (bicyclic) bond motifs is 2. The van der Waals surface area contributed by atoms with Crippen molar-refractivity contribution >= 4 is 0 Å². The second kappa shape index (κ2) is 4.31. The molecule has 0 aromatic carbocycles. The van der Waals surface area contributed by atoms with Gasteiger partial charge in [-0.25, -0.2) is 0 Å². The molecule has 0 saturated heterocycles. The fraction of sp³-hybridized carbons (Fsp3) is 0.706. The Morgan fingerprint density at radius 3 is 2.58 bits per heavy atom. The van der Waals surface area contributed by atoms with E-state index in [4.69, 9.17) is 0 Å². The number of rotatable bonds is 3. The van der Waals surface area contributed by atoms with Crippen LogP contribution in [0.2, 0.25) is 0 Å². The minimum atomic E-state index is 0.325. The minimum absolute atomic E-state index is 0.325. The SMILES string of the molecule is CN(Cc1cccnc1)C1(C)C2CCC(C2)C1(C)C. The molecule has 2 aliphatic carbocycles. The van der Waals surface area contributed by atoms with Crippen LogP contribution in [0.15, 0.2) is 24.5 Å². The van der Waals surface area contributed by atoms with E-state index in [2.05, 4.69) is 43.8 Å². The summed E-state index contributed by atoms with van der Waals surface area (Å²) in [6.07, 6.45) is 8.14. The van der Waals surface area contributed by atoms with E-state index < -0.39 is 0 Å². The zero-order valence-corrected chi connectivity index (χ0v) is 12.7. The summed E-state index contributed by atoms with van der Waals surface area (Å²) in [4.78, 5) is 6.84. The lowest BCUT2D eigenvalue weighted by Gasteiger charge is -2.53. The molecule has 104 valence electrons. The van der Waals surface area contributed by atoms with Gasteiger partial charge in [-0.2, -0.15) is 0 Å². The first kappa shape index (κ1) is 13.1. The van der Waals surface area contributed by atoms with Gasteiger partial charge in [0.15, 0.2) is 0 Å². The third kappa shape index (κ3) is 1.76. The molecular weight excluding hydrogens is 232 g/mol. The molecule has 3 rings (SSSR count). The van der Waals surface area contributed by atoms with Crippen LogP contribution < -0.4 is 0 Å². The number of aromatic nitrogens is 1. The van der Waals surface area contributed by atoms with Crippen LogP contribution in [-0.2, 0) is 6.54 Å². The molecule has 0 spiro atoms. The van der Waals surface area contributed by atoms with Gasteiger partial charge in [-0.15, -0.1) is 0 Å². The van der Waals surface area contributed by atoms with Gasteiger partial charge in [-0.1, -0.05) is 19.9 Å². The number of hydrogen-bond donors (Lipinski definition) is 0. The average Bonchev–Trinajstić information content (AvgIpc) is 2.94. The summed E-state index contributed by atoms with van der Waals surface area (Å²) in [6.45, 7) is 8.47. The lowest BCUT2D eigenvalue weighted by atomic mass is 9.63. The van der Waals surface area contributed by atoms with E-state index in [9.17, 15) is 0 Å². The summed E-state index contributed by atoms with van der Waals surface area (Å²) < 4.78 is 0. The predicted molar refractivity (Wildman–Crippen MR) is 78.7 cm³/mol. The minimum Gasteiger partial charge on any atom is -0.296 e. The zero-order chi connectivity index (χ0) is 13.7. The highest BCUT2D eigenvalue weighted by molar-refractivity contribution is 5.16. The van der Waals surface area contributed by atoms with E-state index >= 15 is 0 Å². The molecule has 1 aromatic rings. The van der Waals surface area contributed by atoms with Gasteiger partial charge >= 0.3 is 0 Å². The van der Waals surface area contributed by atoms with E-state index in [1.165, 1.54) is 24.8 Å². The molecule has 2 aliphatic rings. The summed E-state index contributed by atoms with van der Waals surface area (Å²) >= 11 is 0. The summed E-state index contributed by atoms with van der Waals surface area (Å²) in [5, 5.41) is 0. The largest absolute Gasteiger partial charge is 0.296 e. The number of hydrogen-bond acceptors (Lipinski definition) is 2. The molecule has 2 saturated carbocycles. The van der Waals surface area contributed by atoms with Crippen molar-refractivity contribution in [2.75, 3.05) is 7.05 Å². The van der Waals surface area contributed by atoms with Crippen molar-refractivity contribution in [1.82, 2.24) is 9.88 Å². The van der Waals surface area contributed by atoms with Crippen LogP contribution in [-0.4, -0.2) is 22.5 Å². The van der Waals surface area contributed by atoms with Gasteiger partial charge in [-0.05, 0) is 62.1 Å². The molecule has 3 unspecified atom stereocenters. The molecule has 1 heterocycles. The van der Waals surface area contributed by atoms with Crippen molar-refractivity contribution in [2.45, 2.75) is 52.1 Å². The number of nitrogens with zero attached hydrogens (tertiary/aromatic N) is 2. The molecule has 19 heavy (non-hydrogen) atoms. The van der Waals surface area contributed by atoms with Gasteiger partial charge in [-0.3, -0.25) is 9.88 Å². The van der Waals surface area contributed by atoms with Crippen LogP contribution in [0.25, 0.3) is 0 Å². The molecular formula is C17H26N2. The Bertz CT molecular complexity index is 454. The Balaban J connectivity index is 1.84. The summed E-state index contributed by atoms with van der Waals surface area (Å²) in [7, 11) is 2.30. The summed E-state index contributed by atoms with van der Waals surface area (Å²) in [5.41, 5.74) is 2.07. The standard InChI is InChI=1S/C17H26N2/c1-16(2)14-7-8-15(10-14)17(16,3)19(4)12-13-6-5-9-18-11-13/h5-6,9,11,14-15H,7-8,10,12H2,1-4H3. The first-order valence-electron chi connectivity index (χ1n) is 7.56. The van der Waals surface area contributed by atoms with Crippen LogP contribution in [0.4, 0.5) is 0 Å². The van der Waals surface area contributed by atoms with Gasteiger partial charge in [0, 0.05) is 24.5 Å². The lowest BCUT2D eigenvalue weighted by Crippen LogP contribution is -2.57. The van der Waals surface area contributed by atoms with Crippen molar-refractivity contribution in [3.63, 3.8) is 0 Å². The Hall–Kier alpha value is -0.890. The highest BCUT2D eigenvalue weighted by Gasteiger charge is 2.61. The maximum Gasteiger partial charge on any atom is 0.0312 e. The Kier molecular flexibility index (Phi) is 2.97. The molecule has 1 aromatic heterocycles. The van der Waals surface area contributed by atoms with Crippen molar-refractivity contribution in [2.24, 2.45) is 17.3 Å². The predicted octanol–water partition coefficient (Wildman–Crippen LogP) is 3.73. The molecule has 2 fully saturated rings. The lowest BCUT2D eigenvalue weighted by molar-refractivity contribution is -0.0352. The van der Waals surface area contributed by atoms with E-state index in [0.717, 1.165) is 18.4 Å². The highest BCUT2D eigenvalue weighted by Crippen LogP contribution is 2.63. The van der Waals surface area contributed by atoms with Crippen molar-refractivity contribution in [3.8, 4) is 0 Å². The van der Waals surface area contributed by atoms with Crippen LogP contribution in [0, 0.1) is 17.3 Å². The van der Waals surface area contributed by atoms with Gasteiger partial charge in [0.2, 0.25) is 0 Å². The smallest absolute Gasteiger partial charge is 0.0312 e. The van der Waals surface area contributed by atoms with E-state index in [1.54, 1.807) is 0 Å². The normalized spacial score (nSPS) is 36.1. The third-order valence-corrected chi connectivity index (χ3v) is 6.49. The van der Waals surface area contributed by atoms with Crippen molar-refractivity contribution < 1.29 is 0 Å². The zero-order valence-electron chi connectivity index (χ0n) is 12.7. The summed E-state index contributed by atoms with van der Waals surface area (Å²) in [5.74, 6) is 1.79. The molecule has 0 N–H and O–H groups in total. The molecule has 0 aliphatic heterocycles. The van der Waals surface area contributed by atoms with Gasteiger partial charge in [0.1, 0.15) is 0 Å². The van der Waals surface area contributed by atoms with Gasteiger partial charge in [0.05, 0.1) is 0 Å². The maximum absolute atomic E-state index is 4.24. The second-order valence-electron chi connectivity index (χ2n) is 7.29. The third-order valence-electron chi connectivity index (χ3n) is 6.49. The van der Waals surface area contributed by atoms with Crippen LogP contribution >= 0.6 is 0 Å². The van der Waals surface area contributed by atoms with Gasteiger partial charge < -0.3 is 0 Å².